The quantitative estimate of drug-likeness (QED) is 0.522. The maximum Gasteiger partial charge on any atom is 0.286 e. The number of nitrogens with two attached hydrogens (primary N) is 1. The zero-order chi connectivity index (χ0) is 19.9. The Hall–Kier alpha value is -2.73. The standard InChI is InChI=1S/C22H24N2O3S/c1-3-15(2)17-9-5-7-11-19(17)27-13-12-26-18-10-6-4-8-16(18)14-20-21(25)24-22(23)28-20/h4-11,14-15H,3,12-13H2,1-2H3,(H2,23,24,25)/b20-14+. The highest BCUT2D eigenvalue weighted by atomic mass is 32.2. The second-order valence-electron chi connectivity index (χ2n) is 6.45. The number of hydrogen-bond acceptors (Lipinski definition) is 5. The molecule has 146 valence electrons. The van der Waals surface area contributed by atoms with Crippen LogP contribution in [0.5, 0.6) is 11.5 Å². The lowest BCUT2D eigenvalue weighted by Gasteiger charge is -2.16. The number of aliphatic imine (C=N–C) groups is 1. The molecule has 1 amide bonds. The van der Waals surface area contributed by atoms with Gasteiger partial charge in [0.1, 0.15) is 24.7 Å². The molecule has 2 aromatic rings. The molecule has 3 rings (SSSR count). The first-order valence-corrected chi connectivity index (χ1v) is 10.1. The van der Waals surface area contributed by atoms with Crippen molar-refractivity contribution in [2.24, 2.45) is 10.7 Å². The number of hydrogen-bond donors (Lipinski definition) is 1. The third kappa shape index (κ3) is 4.95. The lowest BCUT2D eigenvalue weighted by molar-refractivity contribution is -0.113. The van der Waals surface area contributed by atoms with Crippen LogP contribution in [-0.2, 0) is 4.79 Å². The highest BCUT2D eigenvalue weighted by molar-refractivity contribution is 8.18. The summed E-state index contributed by atoms with van der Waals surface area (Å²) in [5.74, 6) is 1.71. The first-order chi connectivity index (χ1) is 13.6. The molecular formula is C22H24N2O3S. The normalized spacial score (nSPS) is 16.1. The van der Waals surface area contributed by atoms with Gasteiger partial charge in [-0.25, -0.2) is 0 Å². The summed E-state index contributed by atoms with van der Waals surface area (Å²) in [6.45, 7) is 5.19. The number of amidine groups is 1. The van der Waals surface area contributed by atoms with Gasteiger partial charge in [-0.05, 0) is 47.9 Å². The van der Waals surface area contributed by atoms with E-state index in [4.69, 9.17) is 15.2 Å². The fourth-order valence-electron chi connectivity index (χ4n) is 2.84. The second kappa shape index (κ2) is 9.46. The van der Waals surface area contributed by atoms with E-state index >= 15 is 0 Å². The Labute approximate surface area is 169 Å². The number of benzene rings is 2. The van der Waals surface area contributed by atoms with E-state index in [-0.39, 0.29) is 11.1 Å². The highest BCUT2D eigenvalue weighted by Crippen LogP contribution is 2.30. The van der Waals surface area contributed by atoms with Crippen molar-refractivity contribution < 1.29 is 14.3 Å². The van der Waals surface area contributed by atoms with E-state index in [9.17, 15) is 4.79 Å². The van der Waals surface area contributed by atoms with Crippen LogP contribution in [0.4, 0.5) is 0 Å². The van der Waals surface area contributed by atoms with Crippen molar-refractivity contribution in [3.05, 3.63) is 64.6 Å². The molecule has 0 fully saturated rings. The molecule has 0 spiro atoms. The van der Waals surface area contributed by atoms with Gasteiger partial charge >= 0.3 is 0 Å². The summed E-state index contributed by atoms with van der Waals surface area (Å²) >= 11 is 1.17. The Morgan fingerprint density at radius 2 is 1.71 bits per heavy atom. The number of rotatable bonds is 8. The molecule has 0 aliphatic carbocycles. The average molecular weight is 397 g/mol. The Morgan fingerprint density at radius 1 is 1.07 bits per heavy atom. The van der Waals surface area contributed by atoms with Gasteiger partial charge in [-0.2, -0.15) is 4.99 Å². The largest absolute Gasteiger partial charge is 0.490 e. The molecule has 1 aliphatic heterocycles. The number of thioether (sulfide) groups is 1. The first kappa shape index (κ1) is 20.0. The molecule has 1 aliphatic rings. The zero-order valence-corrected chi connectivity index (χ0v) is 16.9. The van der Waals surface area contributed by atoms with Crippen LogP contribution in [0.1, 0.15) is 37.3 Å². The summed E-state index contributed by atoms with van der Waals surface area (Å²) in [6, 6.07) is 15.7. The predicted octanol–water partition coefficient (Wildman–Crippen LogP) is 4.59. The minimum absolute atomic E-state index is 0.267. The number of nitrogens with zero attached hydrogens (tertiary/aromatic N) is 1. The zero-order valence-electron chi connectivity index (χ0n) is 16.1. The Balaban J connectivity index is 1.61. The summed E-state index contributed by atoms with van der Waals surface area (Å²) < 4.78 is 11.9. The molecule has 2 aromatic carbocycles. The monoisotopic (exact) mass is 396 g/mol. The number of amides is 1. The van der Waals surface area contributed by atoms with Gasteiger partial charge in [0.05, 0.1) is 4.91 Å². The molecule has 1 atom stereocenters. The van der Waals surface area contributed by atoms with Crippen molar-refractivity contribution >= 4 is 28.9 Å². The van der Waals surface area contributed by atoms with E-state index in [0.717, 1.165) is 17.7 Å². The lowest BCUT2D eigenvalue weighted by atomic mass is 9.98. The van der Waals surface area contributed by atoms with Crippen LogP contribution in [0.25, 0.3) is 6.08 Å². The Bertz CT molecular complexity index is 908. The van der Waals surface area contributed by atoms with Gasteiger partial charge in [0.2, 0.25) is 0 Å². The third-order valence-corrected chi connectivity index (χ3v) is 5.32. The van der Waals surface area contributed by atoms with Crippen molar-refractivity contribution in [1.29, 1.82) is 0 Å². The molecule has 0 saturated carbocycles. The molecule has 2 N–H and O–H groups in total. The van der Waals surface area contributed by atoms with Crippen molar-refractivity contribution in [3.63, 3.8) is 0 Å². The van der Waals surface area contributed by atoms with Gasteiger partial charge in [0.15, 0.2) is 5.17 Å². The molecule has 6 heteroatoms. The SMILES string of the molecule is CCC(C)c1ccccc1OCCOc1ccccc1/C=C1/SC(N)=NC1=O. The minimum Gasteiger partial charge on any atom is -0.490 e. The van der Waals surface area contributed by atoms with Crippen LogP contribution in [0.2, 0.25) is 0 Å². The maximum absolute atomic E-state index is 11.8. The van der Waals surface area contributed by atoms with Crippen molar-refractivity contribution in [2.75, 3.05) is 13.2 Å². The molecule has 28 heavy (non-hydrogen) atoms. The van der Waals surface area contributed by atoms with Gasteiger partial charge in [0.25, 0.3) is 5.91 Å². The summed E-state index contributed by atoms with van der Waals surface area (Å²) in [5.41, 5.74) is 7.63. The van der Waals surface area contributed by atoms with Crippen molar-refractivity contribution in [2.45, 2.75) is 26.2 Å². The van der Waals surface area contributed by atoms with Gasteiger partial charge in [-0.3, -0.25) is 4.79 Å². The Kier molecular flexibility index (Phi) is 6.76. The molecular weight excluding hydrogens is 372 g/mol. The van der Waals surface area contributed by atoms with Gasteiger partial charge in [0, 0.05) is 5.56 Å². The number of carbonyl (C=O) groups excluding carboxylic acids is 1. The molecule has 1 heterocycles. The van der Waals surface area contributed by atoms with Crippen molar-refractivity contribution in [1.82, 2.24) is 0 Å². The van der Waals surface area contributed by atoms with Crippen LogP contribution in [0, 0.1) is 0 Å². The molecule has 0 saturated heterocycles. The lowest BCUT2D eigenvalue weighted by Crippen LogP contribution is -2.11. The summed E-state index contributed by atoms with van der Waals surface area (Å²) in [5, 5.41) is 0.267. The average Bonchev–Trinajstić information content (AvgIpc) is 3.03. The molecule has 1 unspecified atom stereocenters. The van der Waals surface area contributed by atoms with E-state index in [2.05, 4.69) is 24.9 Å². The maximum atomic E-state index is 11.8. The smallest absolute Gasteiger partial charge is 0.286 e. The van der Waals surface area contributed by atoms with Gasteiger partial charge in [-0.1, -0.05) is 50.2 Å². The van der Waals surface area contributed by atoms with E-state index in [1.54, 1.807) is 6.08 Å². The summed E-state index contributed by atoms with van der Waals surface area (Å²) in [6.07, 6.45) is 2.81. The van der Waals surface area contributed by atoms with Crippen LogP contribution in [-0.4, -0.2) is 24.3 Å². The molecule has 0 aromatic heterocycles. The molecule has 0 bridgehead atoms. The van der Waals surface area contributed by atoms with Crippen LogP contribution >= 0.6 is 11.8 Å². The van der Waals surface area contributed by atoms with Gasteiger partial charge < -0.3 is 15.2 Å². The topological polar surface area (TPSA) is 73.9 Å². The first-order valence-electron chi connectivity index (χ1n) is 9.30. The fraction of sp³-hybridized carbons (Fsp3) is 0.273. The van der Waals surface area contributed by atoms with Crippen LogP contribution in [0.15, 0.2) is 58.4 Å². The van der Waals surface area contributed by atoms with Crippen molar-refractivity contribution in [3.8, 4) is 11.5 Å². The molecule has 5 nitrogen and oxygen atoms in total. The predicted molar refractivity (Wildman–Crippen MR) is 115 cm³/mol. The van der Waals surface area contributed by atoms with E-state index < -0.39 is 0 Å². The van der Waals surface area contributed by atoms with E-state index in [0.29, 0.717) is 29.8 Å². The number of carbonyl (C=O) groups is 1. The summed E-state index contributed by atoms with van der Waals surface area (Å²) in [4.78, 5) is 16.0. The fourth-order valence-corrected chi connectivity index (χ4v) is 3.51. The van der Waals surface area contributed by atoms with E-state index in [1.807, 2.05) is 42.5 Å². The molecule has 0 radical (unpaired) electrons. The number of para-hydroxylation sites is 2. The minimum atomic E-state index is -0.317. The van der Waals surface area contributed by atoms with Gasteiger partial charge in [-0.15, -0.1) is 0 Å². The van der Waals surface area contributed by atoms with E-state index in [1.165, 1.54) is 17.3 Å². The van der Waals surface area contributed by atoms with Crippen LogP contribution in [0.3, 0.4) is 0 Å². The third-order valence-electron chi connectivity index (χ3n) is 4.50. The second-order valence-corrected chi connectivity index (χ2v) is 7.51. The van der Waals surface area contributed by atoms with Crippen LogP contribution < -0.4 is 15.2 Å². The number of ether oxygens (including phenoxy) is 2. The Morgan fingerprint density at radius 3 is 2.39 bits per heavy atom. The highest BCUT2D eigenvalue weighted by Gasteiger charge is 2.20. The summed E-state index contributed by atoms with van der Waals surface area (Å²) in [7, 11) is 0.